The molecule has 0 aliphatic heterocycles. The molecule has 0 aromatic heterocycles. The van der Waals surface area contributed by atoms with Crippen LogP contribution >= 0.6 is 11.6 Å². The van der Waals surface area contributed by atoms with Crippen molar-refractivity contribution in [2.75, 3.05) is 0 Å². The lowest BCUT2D eigenvalue weighted by molar-refractivity contribution is -0.129. The van der Waals surface area contributed by atoms with E-state index in [4.69, 9.17) is 11.6 Å². The fourth-order valence-corrected chi connectivity index (χ4v) is 5.62. The fraction of sp³-hybridized carbons (Fsp3) is 0.650. The first-order chi connectivity index (χ1) is 10.9. The molecule has 4 bridgehead atoms. The Morgan fingerprint density at radius 3 is 2.04 bits per heavy atom. The Morgan fingerprint density at radius 2 is 1.52 bits per heavy atom. The number of carbonyl (C=O) groups is 1. The molecule has 0 spiro atoms. The maximum atomic E-state index is 13.0. The zero-order chi connectivity index (χ0) is 16.2. The monoisotopic (exact) mass is 331 g/mol. The highest BCUT2D eigenvalue weighted by molar-refractivity contribution is 6.30. The van der Waals surface area contributed by atoms with Crippen molar-refractivity contribution >= 4 is 17.5 Å². The van der Waals surface area contributed by atoms with Crippen molar-refractivity contribution in [3.8, 4) is 0 Å². The summed E-state index contributed by atoms with van der Waals surface area (Å²) < 4.78 is 0. The average molecular weight is 332 g/mol. The zero-order valence-corrected chi connectivity index (χ0v) is 14.8. The highest BCUT2D eigenvalue weighted by Gasteiger charge is 2.49. The van der Waals surface area contributed by atoms with Gasteiger partial charge in [-0.05, 0) is 87.3 Å². The fourth-order valence-electron chi connectivity index (χ4n) is 5.49. The van der Waals surface area contributed by atoms with Gasteiger partial charge in [0.2, 0.25) is 5.91 Å². The molecule has 4 saturated carbocycles. The summed E-state index contributed by atoms with van der Waals surface area (Å²) in [7, 11) is 0. The van der Waals surface area contributed by atoms with E-state index in [2.05, 4.69) is 5.32 Å². The topological polar surface area (TPSA) is 29.1 Å². The van der Waals surface area contributed by atoms with E-state index in [0.717, 1.165) is 29.2 Å². The van der Waals surface area contributed by atoms with Crippen molar-refractivity contribution in [2.45, 2.75) is 57.4 Å². The van der Waals surface area contributed by atoms with Crippen molar-refractivity contribution in [1.29, 1.82) is 0 Å². The largest absolute Gasteiger partial charge is 0.352 e. The van der Waals surface area contributed by atoms with Gasteiger partial charge in [0.1, 0.15) is 0 Å². The Balaban J connectivity index is 1.50. The molecular weight excluding hydrogens is 306 g/mol. The van der Waals surface area contributed by atoms with Crippen LogP contribution in [0.5, 0.6) is 0 Å². The molecule has 124 valence electrons. The minimum atomic E-state index is -0.515. The molecule has 0 atom stereocenters. The van der Waals surface area contributed by atoms with Crippen molar-refractivity contribution in [3.63, 3.8) is 0 Å². The standard InChI is InChI=1S/C20H26ClNO/c1-20(2,16-3-5-17(21)6-4-16)19(23)22-18-14-8-12-7-13(10-14)11-15(18)9-12/h3-6,12-15,18H,7-11H2,1-2H3,(H,22,23). The normalized spacial score (nSPS) is 35.3. The Hall–Kier alpha value is -1.02. The van der Waals surface area contributed by atoms with Gasteiger partial charge in [-0.25, -0.2) is 0 Å². The van der Waals surface area contributed by atoms with Crippen molar-refractivity contribution < 1.29 is 4.79 Å². The number of rotatable bonds is 3. The van der Waals surface area contributed by atoms with Gasteiger partial charge >= 0.3 is 0 Å². The molecule has 4 aliphatic carbocycles. The first-order valence-electron chi connectivity index (χ1n) is 9.00. The second kappa shape index (κ2) is 5.51. The molecule has 0 saturated heterocycles. The lowest BCUT2D eigenvalue weighted by Crippen LogP contribution is -2.58. The number of hydrogen-bond donors (Lipinski definition) is 1. The molecule has 0 radical (unpaired) electrons. The molecular formula is C20H26ClNO. The summed E-state index contributed by atoms with van der Waals surface area (Å²) in [5.41, 5.74) is 0.516. The van der Waals surface area contributed by atoms with Gasteiger partial charge in [-0.15, -0.1) is 0 Å². The van der Waals surface area contributed by atoms with Gasteiger partial charge in [0.25, 0.3) is 0 Å². The summed E-state index contributed by atoms with van der Waals surface area (Å²) in [5.74, 6) is 3.48. The number of hydrogen-bond acceptors (Lipinski definition) is 1. The maximum Gasteiger partial charge on any atom is 0.230 e. The van der Waals surface area contributed by atoms with E-state index in [0.29, 0.717) is 11.1 Å². The van der Waals surface area contributed by atoms with E-state index in [9.17, 15) is 4.79 Å². The summed E-state index contributed by atoms with van der Waals surface area (Å²) in [6.45, 7) is 4.03. The Kier molecular flexibility index (Phi) is 3.72. The molecule has 1 aromatic rings. The first-order valence-corrected chi connectivity index (χ1v) is 9.38. The van der Waals surface area contributed by atoms with Crippen LogP contribution in [0.4, 0.5) is 0 Å². The van der Waals surface area contributed by atoms with Gasteiger partial charge < -0.3 is 5.32 Å². The second-order valence-corrected chi connectivity index (χ2v) is 9.00. The average Bonchev–Trinajstić information content (AvgIpc) is 2.50. The zero-order valence-electron chi connectivity index (χ0n) is 14.0. The van der Waals surface area contributed by atoms with E-state index in [1.165, 1.54) is 32.1 Å². The van der Waals surface area contributed by atoms with Gasteiger partial charge in [-0.3, -0.25) is 4.79 Å². The number of amides is 1. The number of benzene rings is 1. The molecule has 1 amide bonds. The lowest BCUT2D eigenvalue weighted by Gasteiger charge is -2.54. The highest BCUT2D eigenvalue weighted by atomic mass is 35.5. The van der Waals surface area contributed by atoms with Crippen LogP contribution < -0.4 is 5.32 Å². The van der Waals surface area contributed by atoms with Crippen LogP contribution in [-0.4, -0.2) is 11.9 Å². The number of carbonyl (C=O) groups excluding carboxylic acids is 1. The molecule has 1 N–H and O–H groups in total. The summed E-state index contributed by atoms with van der Waals surface area (Å²) in [4.78, 5) is 13.0. The van der Waals surface area contributed by atoms with Gasteiger partial charge in [0.05, 0.1) is 5.41 Å². The number of nitrogens with one attached hydrogen (secondary N) is 1. The highest BCUT2D eigenvalue weighted by Crippen LogP contribution is 2.53. The Labute approximate surface area is 144 Å². The van der Waals surface area contributed by atoms with Crippen molar-refractivity contribution in [2.24, 2.45) is 23.7 Å². The predicted octanol–water partition coefficient (Wildman–Crippen LogP) is 4.56. The van der Waals surface area contributed by atoms with Crippen LogP contribution in [0.15, 0.2) is 24.3 Å². The third kappa shape index (κ3) is 2.69. The molecule has 5 rings (SSSR count). The van der Waals surface area contributed by atoms with E-state index >= 15 is 0 Å². The van der Waals surface area contributed by atoms with Crippen LogP contribution in [0.25, 0.3) is 0 Å². The van der Waals surface area contributed by atoms with Crippen LogP contribution in [0, 0.1) is 23.7 Å². The summed E-state index contributed by atoms with van der Waals surface area (Å²) >= 11 is 5.98. The van der Waals surface area contributed by atoms with Crippen LogP contribution in [-0.2, 0) is 10.2 Å². The van der Waals surface area contributed by atoms with Crippen molar-refractivity contribution in [1.82, 2.24) is 5.32 Å². The van der Waals surface area contributed by atoms with Gasteiger partial charge in [-0.2, -0.15) is 0 Å². The van der Waals surface area contributed by atoms with Gasteiger partial charge in [0, 0.05) is 11.1 Å². The molecule has 23 heavy (non-hydrogen) atoms. The Bertz CT molecular complexity index is 579. The third-order valence-corrected chi connectivity index (χ3v) is 6.91. The summed E-state index contributed by atoms with van der Waals surface area (Å²) in [5, 5.41) is 4.16. The predicted molar refractivity (Wildman–Crippen MR) is 93.5 cm³/mol. The second-order valence-electron chi connectivity index (χ2n) is 8.56. The molecule has 0 heterocycles. The molecule has 3 heteroatoms. The molecule has 4 aliphatic rings. The minimum absolute atomic E-state index is 0.164. The first kappa shape index (κ1) is 15.5. The summed E-state index contributed by atoms with van der Waals surface area (Å²) in [6.07, 6.45) is 6.78. The van der Waals surface area contributed by atoms with Gasteiger partial charge in [0.15, 0.2) is 0 Å². The SMILES string of the molecule is CC(C)(C(=O)NC1C2CC3CC(C2)CC1C3)c1ccc(Cl)cc1. The number of halogens is 1. The van der Waals surface area contributed by atoms with Crippen LogP contribution in [0.3, 0.4) is 0 Å². The van der Waals surface area contributed by atoms with E-state index in [1.54, 1.807) is 0 Å². The van der Waals surface area contributed by atoms with Crippen LogP contribution in [0.1, 0.15) is 51.5 Å². The maximum absolute atomic E-state index is 13.0. The quantitative estimate of drug-likeness (QED) is 0.864. The van der Waals surface area contributed by atoms with Crippen molar-refractivity contribution in [3.05, 3.63) is 34.9 Å². The van der Waals surface area contributed by atoms with E-state index in [-0.39, 0.29) is 5.91 Å². The Morgan fingerprint density at radius 1 is 1.00 bits per heavy atom. The molecule has 4 fully saturated rings. The minimum Gasteiger partial charge on any atom is -0.352 e. The van der Waals surface area contributed by atoms with E-state index < -0.39 is 5.41 Å². The lowest BCUT2D eigenvalue weighted by atomic mass is 9.54. The molecule has 1 aromatic carbocycles. The van der Waals surface area contributed by atoms with Gasteiger partial charge in [-0.1, -0.05) is 23.7 Å². The van der Waals surface area contributed by atoms with E-state index in [1.807, 2.05) is 38.1 Å². The van der Waals surface area contributed by atoms with Crippen LogP contribution in [0.2, 0.25) is 5.02 Å². The molecule has 0 unspecified atom stereocenters. The summed E-state index contributed by atoms with van der Waals surface area (Å²) in [6, 6.07) is 8.09. The smallest absolute Gasteiger partial charge is 0.230 e. The molecule has 2 nitrogen and oxygen atoms in total. The third-order valence-electron chi connectivity index (χ3n) is 6.66.